The van der Waals surface area contributed by atoms with Crippen LogP contribution in [0.2, 0.25) is 0 Å². The number of carbonyl (C=O) groups excluding carboxylic acids is 3. The Balaban J connectivity index is 1.84. The number of aryl methyl sites for hydroxylation is 1. The van der Waals surface area contributed by atoms with Crippen LogP contribution in [0.4, 0.5) is 10.1 Å². The van der Waals surface area contributed by atoms with E-state index in [1.54, 1.807) is 25.1 Å². The Kier molecular flexibility index (Phi) is 6.87. The number of rotatable bonds is 7. The van der Waals surface area contributed by atoms with Gasteiger partial charge in [-0.1, -0.05) is 18.2 Å². The maximum Gasteiger partial charge on any atom is 0.344 e. The molecule has 2 aromatic carbocycles. The molecule has 2 aromatic rings. The summed E-state index contributed by atoms with van der Waals surface area (Å²) in [5.41, 5.74) is 1.38. The monoisotopic (exact) mass is 375 g/mol. The molecule has 1 amide bonds. The number of hydrogen-bond donors (Lipinski definition) is 1. The fraction of sp³-hybridized carbons (Fsp3) is 0.211. The van der Waals surface area contributed by atoms with Crippen LogP contribution in [0.5, 0.6) is 5.75 Å². The molecule has 1 N–H and O–H groups in total. The lowest BCUT2D eigenvalue weighted by Gasteiger charge is -2.11. The van der Waals surface area contributed by atoms with Crippen molar-refractivity contribution in [3.8, 4) is 5.75 Å². The summed E-state index contributed by atoms with van der Waals surface area (Å²) in [6.07, 6.45) is 0. The number of methoxy groups -OCH3 is 1. The number of para-hydroxylation sites is 1. The minimum Gasteiger partial charge on any atom is -0.479 e. The van der Waals surface area contributed by atoms with Crippen molar-refractivity contribution in [2.75, 3.05) is 25.6 Å². The van der Waals surface area contributed by atoms with Gasteiger partial charge in [0.2, 0.25) is 0 Å². The van der Waals surface area contributed by atoms with Gasteiger partial charge in [-0.3, -0.25) is 4.79 Å². The largest absolute Gasteiger partial charge is 0.479 e. The molecule has 0 radical (unpaired) electrons. The summed E-state index contributed by atoms with van der Waals surface area (Å²) in [5.74, 6) is -2.66. The molecule has 8 heteroatoms. The van der Waals surface area contributed by atoms with Crippen LogP contribution in [0.1, 0.15) is 15.9 Å². The zero-order valence-electron chi connectivity index (χ0n) is 14.8. The highest BCUT2D eigenvalue weighted by Crippen LogP contribution is 2.18. The van der Waals surface area contributed by atoms with E-state index in [0.29, 0.717) is 11.3 Å². The van der Waals surface area contributed by atoms with Gasteiger partial charge in [0.25, 0.3) is 5.91 Å². The van der Waals surface area contributed by atoms with Crippen LogP contribution in [-0.2, 0) is 19.1 Å². The Bertz CT molecular complexity index is 852. The lowest BCUT2D eigenvalue weighted by Crippen LogP contribution is -2.24. The standard InChI is InChI=1S/C19H18FNO6/c1-12-7-8-13(19(24)25-2)9-15(12)21-17(22)10-27-18(23)11-26-16-6-4-3-5-14(16)20/h3-9H,10-11H2,1-2H3,(H,21,22). The highest BCUT2D eigenvalue weighted by molar-refractivity contribution is 5.96. The lowest BCUT2D eigenvalue weighted by atomic mass is 10.1. The smallest absolute Gasteiger partial charge is 0.344 e. The SMILES string of the molecule is COC(=O)c1ccc(C)c(NC(=O)COC(=O)COc2ccccc2F)c1. The Morgan fingerprint density at radius 3 is 2.52 bits per heavy atom. The van der Waals surface area contributed by atoms with Crippen molar-refractivity contribution in [3.05, 3.63) is 59.4 Å². The van der Waals surface area contributed by atoms with Crippen molar-refractivity contribution in [2.45, 2.75) is 6.92 Å². The fourth-order valence-electron chi connectivity index (χ4n) is 2.07. The predicted molar refractivity (Wildman–Crippen MR) is 94.0 cm³/mol. The van der Waals surface area contributed by atoms with Gasteiger partial charge in [0.05, 0.1) is 12.7 Å². The number of amides is 1. The summed E-state index contributed by atoms with van der Waals surface area (Å²) < 4.78 is 27.8. The van der Waals surface area contributed by atoms with E-state index in [0.717, 1.165) is 0 Å². The Labute approximate surface area is 155 Å². The van der Waals surface area contributed by atoms with Crippen molar-refractivity contribution >= 4 is 23.5 Å². The Morgan fingerprint density at radius 1 is 1.07 bits per heavy atom. The van der Waals surface area contributed by atoms with Gasteiger partial charge in [-0.15, -0.1) is 0 Å². The first kappa shape index (κ1) is 19.9. The van der Waals surface area contributed by atoms with Gasteiger partial charge in [-0.05, 0) is 36.8 Å². The van der Waals surface area contributed by atoms with Crippen LogP contribution in [0.3, 0.4) is 0 Å². The molecule has 0 heterocycles. The number of esters is 2. The number of benzene rings is 2. The van der Waals surface area contributed by atoms with Gasteiger partial charge in [-0.2, -0.15) is 0 Å². The summed E-state index contributed by atoms with van der Waals surface area (Å²) >= 11 is 0. The van der Waals surface area contributed by atoms with E-state index in [2.05, 4.69) is 10.1 Å². The van der Waals surface area contributed by atoms with Gasteiger partial charge in [0.15, 0.2) is 24.8 Å². The van der Waals surface area contributed by atoms with E-state index in [1.807, 2.05) is 0 Å². The normalized spacial score (nSPS) is 10.0. The third-order valence-corrected chi connectivity index (χ3v) is 3.48. The van der Waals surface area contributed by atoms with E-state index in [-0.39, 0.29) is 11.3 Å². The molecule has 0 saturated heterocycles. The molecule has 142 valence electrons. The molecular formula is C19H18FNO6. The molecule has 0 bridgehead atoms. The maximum absolute atomic E-state index is 13.4. The Morgan fingerprint density at radius 2 is 1.81 bits per heavy atom. The first-order valence-corrected chi connectivity index (χ1v) is 7.92. The molecule has 0 aliphatic heterocycles. The van der Waals surface area contributed by atoms with Gasteiger partial charge in [0.1, 0.15) is 0 Å². The summed E-state index contributed by atoms with van der Waals surface area (Å²) in [4.78, 5) is 35.1. The predicted octanol–water partition coefficient (Wildman–Crippen LogP) is 2.48. The molecule has 0 aromatic heterocycles. The first-order chi connectivity index (χ1) is 12.9. The van der Waals surface area contributed by atoms with Crippen molar-refractivity contribution < 1.29 is 33.0 Å². The molecule has 7 nitrogen and oxygen atoms in total. The number of halogens is 1. The molecule has 0 fully saturated rings. The minimum atomic E-state index is -0.826. The highest BCUT2D eigenvalue weighted by Gasteiger charge is 2.13. The third-order valence-electron chi connectivity index (χ3n) is 3.48. The van der Waals surface area contributed by atoms with E-state index in [4.69, 9.17) is 9.47 Å². The average molecular weight is 375 g/mol. The summed E-state index contributed by atoms with van der Waals surface area (Å²) in [6, 6.07) is 10.3. The summed E-state index contributed by atoms with van der Waals surface area (Å²) in [5, 5.41) is 2.54. The van der Waals surface area contributed by atoms with Gasteiger partial charge in [0, 0.05) is 5.69 Å². The van der Waals surface area contributed by atoms with Crippen LogP contribution in [0, 0.1) is 12.7 Å². The maximum atomic E-state index is 13.4. The van der Waals surface area contributed by atoms with Crippen LogP contribution in [0.25, 0.3) is 0 Å². The van der Waals surface area contributed by atoms with E-state index < -0.39 is 36.9 Å². The topological polar surface area (TPSA) is 90.9 Å². The molecule has 0 unspecified atom stereocenters. The van der Waals surface area contributed by atoms with E-state index >= 15 is 0 Å². The third kappa shape index (κ3) is 5.81. The molecule has 0 aliphatic carbocycles. The highest BCUT2D eigenvalue weighted by atomic mass is 19.1. The van der Waals surface area contributed by atoms with Gasteiger partial charge >= 0.3 is 11.9 Å². The minimum absolute atomic E-state index is 0.0887. The van der Waals surface area contributed by atoms with Crippen molar-refractivity contribution in [1.82, 2.24) is 0 Å². The number of ether oxygens (including phenoxy) is 3. The number of carbonyl (C=O) groups is 3. The lowest BCUT2D eigenvalue weighted by molar-refractivity contribution is -0.149. The Hall–Kier alpha value is -3.42. The van der Waals surface area contributed by atoms with Gasteiger partial charge < -0.3 is 19.5 Å². The van der Waals surface area contributed by atoms with Crippen LogP contribution in [-0.4, -0.2) is 38.2 Å². The van der Waals surface area contributed by atoms with Gasteiger partial charge in [-0.25, -0.2) is 14.0 Å². The first-order valence-electron chi connectivity index (χ1n) is 7.92. The van der Waals surface area contributed by atoms with E-state index in [9.17, 15) is 18.8 Å². The molecule has 27 heavy (non-hydrogen) atoms. The molecule has 0 atom stereocenters. The number of hydrogen-bond acceptors (Lipinski definition) is 6. The summed E-state index contributed by atoms with van der Waals surface area (Å²) in [7, 11) is 1.25. The molecule has 0 aliphatic rings. The second-order valence-electron chi connectivity index (χ2n) is 5.45. The molecular weight excluding hydrogens is 357 g/mol. The second kappa shape index (κ2) is 9.33. The summed E-state index contributed by atoms with van der Waals surface area (Å²) in [6.45, 7) is 0.650. The molecule has 0 saturated carbocycles. The van der Waals surface area contributed by atoms with Crippen LogP contribution >= 0.6 is 0 Å². The van der Waals surface area contributed by atoms with Crippen molar-refractivity contribution in [1.29, 1.82) is 0 Å². The average Bonchev–Trinajstić information content (AvgIpc) is 2.66. The van der Waals surface area contributed by atoms with Crippen LogP contribution < -0.4 is 10.1 Å². The second-order valence-corrected chi connectivity index (χ2v) is 5.45. The van der Waals surface area contributed by atoms with Crippen LogP contribution in [0.15, 0.2) is 42.5 Å². The fourth-order valence-corrected chi connectivity index (χ4v) is 2.07. The van der Waals surface area contributed by atoms with Crippen molar-refractivity contribution in [2.24, 2.45) is 0 Å². The zero-order chi connectivity index (χ0) is 19.8. The number of anilines is 1. The number of nitrogens with one attached hydrogen (secondary N) is 1. The zero-order valence-corrected chi connectivity index (χ0v) is 14.8. The molecule has 0 spiro atoms. The van der Waals surface area contributed by atoms with E-state index in [1.165, 1.54) is 31.4 Å². The van der Waals surface area contributed by atoms with Crippen molar-refractivity contribution in [3.63, 3.8) is 0 Å². The molecule has 2 rings (SSSR count). The quantitative estimate of drug-likeness (QED) is 0.748.